The molecule has 0 aromatic rings. The number of carbonyl (C=O) groups excluding carboxylic acids is 2. The lowest BCUT2D eigenvalue weighted by molar-refractivity contribution is -0.433. The van der Waals surface area contributed by atoms with Crippen molar-refractivity contribution in [3.05, 3.63) is 24.3 Å². The first kappa shape index (κ1) is 21.7. The van der Waals surface area contributed by atoms with Crippen molar-refractivity contribution >= 4 is 24.0 Å². The van der Waals surface area contributed by atoms with Crippen LogP contribution < -0.4 is 0 Å². The van der Waals surface area contributed by atoms with E-state index in [1.165, 1.54) is 0 Å². The normalized spacial score (nSPS) is 36.7. The van der Waals surface area contributed by atoms with Crippen LogP contribution in [0, 0.1) is 23.2 Å². The van der Waals surface area contributed by atoms with Crippen LogP contribution in [0.3, 0.4) is 0 Å². The monoisotopic (exact) mass is 446 g/mol. The number of allylic oxidation sites excluding steroid dienone is 3. The van der Waals surface area contributed by atoms with Crippen LogP contribution in [-0.2, 0) is 28.4 Å². The van der Waals surface area contributed by atoms with Gasteiger partial charge < -0.3 is 9.47 Å². The lowest BCUT2D eigenvalue weighted by Crippen LogP contribution is -2.59. The second kappa shape index (κ2) is 8.22. The van der Waals surface area contributed by atoms with Gasteiger partial charge in [-0.2, -0.15) is 8.78 Å². The Morgan fingerprint density at radius 1 is 1.17 bits per heavy atom. The van der Waals surface area contributed by atoms with Crippen molar-refractivity contribution in [2.75, 3.05) is 6.61 Å². The Morgan fingerprint density at radius 2 is 1.90 bits per heavy atom. The summed E-state index contributed by atoms with van der Waals surface area (Å²) in [6.07, 6.45) is 12.7. The summed E-state index contributed by atoms with van der Waals surface area (Å²) >= 11 is -0.634. The van der Waals surface area contributed by atoms with Gasteiger partial charge in [-0.3, -0.25) is 4.79 Å². The minimum Gasteiger partial charge on any atom is -0.460 e. The highest BCUT2D eigenvalue weighted by Gasteiger charge is 2.60. The van der Waals surface area contributed by atoms with E-state index in [-0.39, 0.29) is 18.5 Å². The Labute approximate surface area is 176 Å². The molecule has 5 aliphatic rings. The van der Waals surface area contributed by atoms with Gasteiger partial charge in [0.25, 0.3) is 0 Å². The van der Waals surface area contributed by atoms with Crippen LogP contribution in [0.25, 0.3) is 0 Å². The summed E-state index contributed by atoms with van der Waals surface area (Å²) in [5.74, 6) is -1.68. The SMILES string of the molecule is O=C(OC12CC3CC(CC(COC(=O)C(F)(F)SOOO)(C3)C1)C2)C1C=CC=CC1. The average molecular weight is 446 g/mol. The van der Waals surface area contributed by atoms with Gasteiger partial charge in [0.1, 0.15) is 17.6 Å². The fourth-order valence-electron chi connectivity index (χ4n) is 6.09. The zero-order chi connectivity index (χ0) is 21.4. The number of carbonyl (C=O) groups is 2. The molecule has 7 nitrogen and oxygen atoms in total. The molecule has 30 heavy (non-hydrogen) atoms. The van der Waals surface area contributed by atoms with Crippen LogP contribution in [0.4, 0.5) is 8.78 Å². The molecule has 0 radical (unpaired) electrons. The average Bonchev–Trinajstić information content (AvgIpc) is 2.70. The number of halogens is 2. The van der Waals surface area contributed by atoms with Crippen LogP contribution in [0.15, 0.2) is 24.3 Å². The first-order valence-electron chi connectivity index (χ1n) is 10.0. The topological polar surface area (TPSA) is 91.3 Å². The summed E-state index contributed by atoms with van der Waals surface area (Å²) in [6.45, 7) is -0.166. The van der Waals surface area contributed by atoms with E-state index >= 15 is 0 Å². The highest BCUT2D eigenvalue weighted by Crippen LogP contribution is 2.63. The van der Waals surface area contributed by atoms with Crippen molar-refractivity contribution in [3.8, 4) is 0 Å². The number of ether oxygens (including phenoxy) is 2. The Morgan fingerprint density at radius 3 is 2.53 bits per heavy atom. The third-order valence-electron chi connectivity index (χ3n) is 6.65. The Kier molecular flexibility index (Phi) is 5.95. The van der Waals surface area contributed by atoms with E-state index in [1.807, 2.05) is 24.3 Å². The molecule has 4 bridgehead atoms. The van der Waals surface area contributed by atoms with Crippen LogP contribution in [0.1, 0.15) is 44.9 Å². The summed E-state index contributed by atoms with van der Waals surface area (Å²) in [5, 5.41) is 7.12. The van der Waals surface area contributed by atoms with Crippen LogP contribution >= 0.6 is 12.0 Å². The van der Waals surface area contributed by atoms with Crippen LogP contribution in [-0.4, -0.2) is 34.7 Å². The van der Waals surface area contributed by atoms with E-state index < -0.39 is 34.3 Å². The van der Waals surface area contributed by atoms with Crippen molar-refractivity contribution in [3.63, 3.8) is 0 Å². The van der Waals surface area contributed by atoms with Crippen molar-refractivity contribution in [2.24, 2.45) is 23.2 Å². The first-order chi connectivity index (χ1) is 14.2. The summed E-state index contributed by atoms with van der Waals surface area (Å²) < 4.78 is 42.1. The molecule has 0 aromatic carbocycles. The van der Waals surface area contributed by atoms with Crippen molar-refractivity contribution in [1.29, 1.82) is 0 Å². The maximum Gasteiger partial charge on any atom is 0.415 e. The number of alkyl halides is 2. The quantitative estimate of drug-likeness (QED) is 0.257. The molecule has 4 saturated carbocycles. The molecular formula is C20H24F2O7S. The highest BCUT2D eigenvalue weighted by molar-refractivity contribution is 7.96. The van der Waals surface area contributed by atoms with E-state index in [1.54, 1.807) is 0 Å². The molecule has 166 valence electrons. The van der Waals surface area contributed by atoms with Gasteiger partial charge in [-0.05, 0) is 56.8 Å². The highest BCUT2D eigenvalue weighted by atomic mass is 32.2. The zero-order valence-electron chi connectivity index (χ0n) is 16.3. The molecule has 0 saturated heterocycles. The molecular weight excluding hydrogens is 422 g/mol. The Hall–Kier alpha value is -1.49. The lowest BCUT2D eigenvalue weighted by Gasteiger charge is -2.61. The molecule has 3 unspecified atom stereocenters. The van der Waals surface area contributed by atoms with Gasteiger partial charge in [0.2, 0.25) is 0 Å². The molecule has 1 N–H and O–H groups in total. The number of esters is 2. The van der Waals surface area contributed by atoms with Crippen molar-refractivity contribution < 1.29 is 42.5 Å². The van der Waals surface area contributed by atoms with Gasteiger partial charge in [0.15, 0.2) is 0 Å². The second-order valence-corrected chi connectivity index (χ2v) is 9.85. The standard InChI is InChI=1S/C20H24F2O7S/c21-20(22,30-29-28-25)17(24)26-12-18-7-13-6-14(8-18)10-19(9-13,11-18)27-16(23)15-4-2-1-3-5-15/h1-4,13-15,25H,5-12H2. The fraction of sp³-hybridized carbons (Fsp3) is 0.700. The Balaban J connectivity index is 1.42. The molecule has 0 aromatic heterocycles. The number of rotatable bonds is 8. The molecule has 0 spiro atoms. The van der Waals surface area contributed by atoms with E-state index in [9.17, 15) is 18.4 Å². The van der Waals surface area contributed by atoms with Gasteiger partial charge in [-0.15, -0.1) is 4.33 Å². The Bertz CT molecular complexity index is 739. The van der Waals surface area contributed by atoms with Gasteiger partial charge in [0, 0.05) is 5.41 Å². The van der Waals surface area contributed by atoms with Gasteiger partial charge in [-0.1, -0.05) is 29.3 Å². The van der Waals surface area contributed by atoms with Gasteiger partial charge >= 0.3 is 17.2 Å². The maximum atomic E-state index is 13.7. The third-order valence-corrected chi connectivity index (χ3v) is 7.15. The molecule has 5 rings (SSSR count). The van der Waals surface area contributed by atoms with Crippen LogP contribution in [0.2, 0.25) is 0 Å². The zero-order valence-corrected chi connectivity index (χ0v) is 17.1. The maximum absolute atomic E-state index is 13.7. The van der Waals surface area contributed by atoms with Gasteiger partial charge in [-0.25, -0.2) is 10.1 Å². The lowest BCUT2D eigenvalue weighted by atomic mass is 9.48. The molecule has 10 heteroatoms. The van der Waals surface area contributed by atoms with E-state index in [0.29, 0.717) is 24.7 Å². The summed E-state index contributed by atoms with van der Waals surface area (Å²) in [4.78, 5) is 24.6. The summed E-state index contributed by atoms with van der Waals surface area (Å²) in [6, 6.07) is 0. The van der Waals surface area contributed by atoms with E-state index in [0.717, 1.165) is 32.1 Å². The smallest absolute Gasteiger partial charge is 0.415 e. The van der Waals surface area contributed by atoms with Crippen molar-refractivity contribution in [2.45, 2.75) is 55.8 Å². The first-order valence-corrected chi connectivity index (χ1v) is 10.8. The fourth-order valence-corrected chi connectivity index (χ4v) is 6.34. The summed E-state index contributed by atoms with van der Waals surface area (Å²) in [7, 11) is 0. The molecule has 0 heterocycles. The molecule has 0 aliphatic heterocycles. The second-order valence-electron chi connectivity index (χ2n) is 9.04. The molecule has 5 aliphatic carbocycles. The van der Waals surface area contributed by atoms with E-state index in [4.69, 9.17) is 14.7 Å². The largest absolute Gasteiger partial charge is 0.460 e. The number of hydrogen-bond donors (Lipinski definition) is 1. The van der Waals surface area contributed by atoms with Crippen molar-refractivity contribution in [1.82, 2.24) is 0 Å². The minimum atomic E-state index is -4.02. The number of hydrogen-bond acceptors (Lipinski definition) is 8. The summed E-state index contributed by atoms with van der Waals surface area (Å²) in [5.41, 5.74) is -1.09. The molecule has 3 atom stereocenters. The predicted molar refractivity (Wildman–Crippen MR) is 101 cm³/mol. The van der Waals surface area contributed by atoms with Crippen LogP contribution in [0.5, 0.6) is 0 Å². The predicted octanol–water partition coefficient (Wildman–Crippen LogP) is 4.21. The van der Waals surface area contributed by atoms with E-state index in [2.05, 4.69) is 9.37 Å². The van der Waals surface area contributed by atoms with Gasteiger partial charge in [0.05, 0.1) is 12.5 Å². The molecule has 4 fully saturated rings. The molecule has 0 amide bonds. The third kappa shape index (κ3) is 4.42. The minimum absolute atomic E-state index is 0.166.